The van der Waals surface area contributed by atoms with Gasteiger partial charge in [0.05, 0.1) is 24.2 Å². The summed E-state index contributed by atoms with van der Waals surface area (Å²) >= 11 is 0. The quantitative estimate of drug-likeness (QED) is 0.726. The van der Waals surface area contributed by atoms with E-state index in [1.54, 1.807) is 0 Å². The van der Waals surface area contributed by atoms with E-state index >= 15 is 0 Å². The third-order valence-corrected chi connectivity index (χ3v) is 6.87. The molecule has 1 aliphatic heterocycles. The van der Waals surface area contributed by atoms with Crippen molar-refractivity contribution in [1.29, 1.82) is 0 Å². The molecule has 0 radical (unpaired) electrons. The molecule has 0 spiro atoms. The number of carbonyl (C=O) groups excluding carboxylic acids is 2. The summed E-state index contributed by atoms with van der Waals surface area (Å²) in [6, 6.07) is 0. The Morgan fingerprint density at radius 1 is 1.19 bits per heavy atom. The number of rotatable bonds is 4. The van der Waals surface area contributed by atoms with Gasteiger partial charge in [-0.3, -0.25) is 9.59 Å². The van der Waals surface area contributed by atoms with Gasteiger partial charge < -0.3 is 10.5 Å². The summed E-state index contributed by atoms with van der Waals surface area (Å²) in [7, 11) is -2.34. The summed E-state index contributed by atoms with van der Waals surface area (Å²) in [5.41, 5.74) is 5.29. The minimum Gasteiger partial charge on any atom is -0.469 e. The van der Waals surface area contributed by atoms with Crippen molar-refractivity contribution in [2.24, 2.45) is 17.6 Å². The van der Waals surface area contributed by atoms with Crippen LogP contribution in [0.5, 0.6) is 0 Å². The maximum atomic E-state index is 12.8. The topological polar surface area (TPSA) is 107 Å². The molecule has 8 heteroatoms. The first-order chi connectivity index (χ1) is 9.87. The Labute approximate surface area is 124 Å². The first-order valence-electron chi connectivity index (χ1n) is 7.24. The van der Waals surface area contributed by atoms with Gasteiger partial charge in [-0.25, -0.2) is 12.7 Å². The second kappa shape index (κ2) is 6.31. The number of hydrogen-bond donors (Lipinski definition) is 1. The number of methoxy groups -OCH3 is 1. The second-order valence-corrected chi connectivity index (χ2v) is 7.90. The number of sulfonamides is 1. The third-order valence-electron chi connectivity index (χ3n) is 4.49. The van der Waals surface area contributed by atoms with E-state index < -0.39 is 39.0 Å². The second-order valence-electron chi connectivity index (χ2n) is 5.74. The van der Waals surface area contributed by atoms with Crippen LogP contribution in [0.2, 0.25) is 0 Å². The number of primary amides is 1. The normalized spacial score (nSPS) is 31.0. The van der Waals surface area contributed by atoms with Crippen LogP contribution < -0.4 is 5.73 Å². The molecule has 1 aliphatic carbocycles. The van der Waals surface area contributed by atoms with E-state index in [0.717, 1.165) is 0 Å². The Bertz CT molecular complexity index is 519. The van der Waals surface area contributed by atoms with E-state index in [0.29, 0.717) is 38.6 Å². The number of carbonyl (C=O) groups is 2. The highest BCUT2D eigenvalue weighted by molar-refractivity contribution is 7.89. The Balaban J connectivity index is 2.17. The molecule has 2 aliphatic rings. The zero-order valence-electron chi connectivity index (χ0n) is 12.2. The molecule has 1 amide bonds. The van der Waals surface area contributed by atoms with Gasteiger partial charge in [-0.15, -0.1) is 0 Å². The molecule has 1 saturated heterocycles. The van der Waals surface area contributed by atoms with Gasteiger partial charge in [0.15, 0.2) is 0 Å². The Morgan fingerprint density at radius 2 is 1.90 bits per heavy atom. The van der Waals surface area contributed by atoms with Gasteiger partial charge in [-0.1, -0.05) is 6.42 Å². The minimum absolute atomic E-state index is 0.127. The number of piperidine rings is 1. The maximum absolute atomic E-state index is 12.8. The summed E-state index contributed by atoms with van der Waals surface area (Å²) in [5, 5.41) is -0.739. The molecule has 2 fully saturated rings. The molecular formula is C13H22N2O5S. The largest absolute Gasteiger partial charge is 0.469 e. The van der Waals surface area contributed by atoms with E-state index in [1.165, 1.54) is 11.4 Å². The number of nitrogens with two attached hydrogens (primary N) is 1. The van der Waals surface area contributed by atoms with Crippen molar-refractivity contribution in [2.45, 2.75) is 37.4 Å². The zero-order valence-corrected chi connectivity index (χ0v) is 13.0. The number of hydrogen-bond acceptors (Lipinski definition) is 5. The molecule has 120 valence electrons. The van der Waals surface area contributed by atoms with Crippen molar-refractivity contribution >= 4 is 21.9 Å². The average molecular weight is 318 g/mol. The van der Waals surface area contributed by atoms with Gasteiger partial charge in [-0.05, 0) is 25.7 Å². The fraction of sp³-hybridized carbons (Fsp3) is 0.846. The van der Waals surface area contributed by atoms with Crippen LogP contribution in [0.25, 0.3) is 0 Å². The molecule has 7 nitrogen and oxygen atoms in total. The van der Waals surface area contributed by atoms with Crippen molar-refractivity contribution in [3.63, 3.8) is 0 Å². The smallest absolute Gasteiger partial charge is 0.310 e. The molecule has 0 aromatic rings. The van der Waals surface area contributed by atoms with Gasteiger partial charge in [-0.2, -0.15) is 0 Å². The lowest BCUT2D eigenvalue weighted by Gasteiger charge is -2.33. The highest BCUT2D eigenvalue weighted by atomic mass is 32.2. The maximum Gasteiger partial charge on any atom is 0.310 e. The van der Waals surface area contributed by atoms with E-state index in [1.807, 2.05) is 0 Å². The first kappa shape index (κ1) is 16.2. The molecular weight excluding hydrogens is 296 g/mol. The van der Waals surface area contributed by atoms with Crippen LogP contribution >= 0.6 is 0 Å². The van der Waals surface area contributed by atoms with Crippen LogP contribution in [0, 0.1) is 11.8 Å². The van der Waals surface area contributed by atoms with Crippen LogP contribution in [-0.4, -0.2) is 50.0 Å². The molecule has 2 rings (SSSR count). The van der Waals surface area contributed by atoms with Crippen molar-refractivity contribution in [3.8, 4) is 0 Å². The highest BCUT2D eigenvalue weighted by Crippen LogP contribution is 2.35. The number of esters is 1. The van der Waals surface area contributed by atoms with Gasteiger partial charge in [0.1, 0.15) is 0 Å². The molecule has 3 atom stereocenters. The van der Waals surface area contributed by atoms with Crippen LogP contribution in [0.3, 0.4) is 0 Å². The minimum atomic E-state index is -3.61. The molecule has 1 heterocycles. The predicted molar refractivity (Wildman–Crippen MR) is 75.6 cm³/mol. The van der Waals surface area contributed by atoms with Crippen LogP contribution in [0.4, 0.5) is 0 Å². The average Bonchev–Trinajstić information content (AvgIpc) is 2.96. The van der Waals surface area contributed by atoms with Crippen molar-refractivity contribution in [1.82, 2.24) is 4.31 Å². The lowest BCUT2D eigenvalue weighted by molar-refractivity contribution is -0.145. The van der Waals surface area contributed by atoms with Crippen molar-refractivity contribution < 1.29 is 22.7 Å². The van der Waals surface area contributed by atoms with Crippen LogP contribution in [-0.2, 0) is 24.3 Å². The zero-order chi connectivity index (χ0) is 15.6. The van der Waals surface area contributed by atoms with Gasteiger partial charge in [0, 0.05) is 13.1 Å². The summed E-state index contributed by atoms with van der Waals surface area (Å²) in [4.78, 5) is 23.0. The number of ether oxygens (including phenoxy) is 1. The summed E-state index contributed by atoms with van der Waals surface area (Å²) in [6.45, 7) is 0.512. The fourth-order valence-electron chi connectivity index (χ4n) is 3.30. The molecule has 0 aromatic heterocycles. The van der Waals surface area contributed by atoms with Gasteiger partial charge in [0.25, 0.3) is 0 Å². The third kappa shape index (κ3) is 3.21. The molecule has 1 saturated carbocycles. The highest BCUT2D eigenvalue weighted by Gasteiger charge is 2.45. The SMILES string of the molecule is COC(=O)C1CCCC1S(=O)(=O)N1CCCC(C(N)=O)C1. The molecule has 3 unspecified atom stereocenters. The van der Waals surface area contributed by atoms with Gasteiger partial charge >= 0.3 is 5.97 Å². The number of nitrogens with zero attached hydrogens (tertiary/aromatic N) is 1. The summed E-state index contributed by atoms with van der Waals surface area (Å²) in [6.07, 6.45) is 2.91. The van der Waals surface area contributed by atoms with Crippen LogP contribution in [0.1, 0.15) is 32.1 Å². The lowest BCUT2D eigenvalue weighted by Crippen LogP contribution is -2.48. The summed E-state index contributed by atoms with van der Waals surface area (Å²) in [5.74, 6) is -1.98. The Hall–Kier alpha value is -1.15. The fourth-order valence-corrected chi connectivity index (χ4v) is 5.58. The van der Waals surface area contributed by atoms with E-state index in [-0.39, 0.29) is 6.54 Å². The first-order valence-corrected chi connectivity index (χ1v) is 8.74. The van der Waals surface area contributed by atoms with Crippen molar-refractivity contribution in [3.05, 3.63) is 0 Å². The molecule has 21 heavy (non-hydrogen) atoms. The Kier molecular flexibility index (Phi) is 4.88. The van der Waals surface area contributed by atoms with E-state index in [2.05, 4.69) is 0 Å². The predicted octanol–water partition coefficient (Wildman–Crippen LogP) is -0.145. The van der Waals surface area contributed by atoms with Crippen molar-refractivity contribution in [2.75, 3.05) is 20.2 Å². The van der Waals surface area contributed by atoms with Gasteiger partial charge in [0.2, 0.25) is 15.9 Å². The monoisotopic (exact) mass is 318 g/mol. The molecule has 0 aromatic carbocycles. The summed E-state index contributed by atoms with van der Waals surface area (Å²) < 4.78 is 31.5. The number of amides is 1. The molecule has 2 N–H and O–H groups in total. The van der Waals surface area contributed by atoms with E-state index in [4.69, 9.17) is 10.5 Å². The standard InChI is InChI=1S/C13H22N2O5S/c1-20-13(17)10-5-2-6-11(10)21(18,19)15-7-3-4-9(8-15)12(14)16/h9-11H,2-8H2,1H3,(H2,14,16). The van der Waals surface area contributed by atoms with Crippen LogP contribution in [0.15, 0.2) is 0 Å². The van der Waals surface area contributed by atoms with E-state index in [9.17, 15) is 18.0 Å². The lowest BCUT2D eigenvalue weighted by atomic mass is 9.99. The molecule has 0 bridgehead atoms. The Morgan fingerprint density at radius 3 is 2.52 bits per heavy atom.